The number of Topliss-reactive ketones (excluding diaryl/α,β-unsaturated/α-hetero) is 1. The summed E-state index contributed by atoms with van der Waals surface area (Å²) in [5.74, 6) is 0.0720. The molecule has 0 aromatic heterocycles. The van der Waals surface area contributed by atoms with E-state index in [1.54, 1.807) is 0 Å². The third-order valence-electron chi connectivity index (χ3n) is 3.53. The van der Waals surface area contributed by atoms with Gasteiger partial charge in [-0.2, -0.15) is 0 Å². The molecule has 0 aliphatic rings. The maximum Gasteiger partial charge on any atom is 0.215 e. The predicted octanol–water partition coefficient (Wildman–Crippen LogP) is 2.33. The minimum absolute atomic E-state index is 0.141. The summed E-state index contributed by atoms with van der Waals surface area (Å²) in [6.45, 7) is 0.437. The molecule has 0 heterocycles. The van der Waals surface area contributed by atoms with E-state index in [9.17, 15) is 9.59 Å². The van der Waals surface area contributed by atoms with Crippen molar-refractivity contribution in [2.24, 2.45) is 0 Å². The van der Waals surface area contributed by atoms with Crippen LogP contribution in [-0.4, -0.2) is 31.4 Å². The smallest absolute Gasteiger partial charge is 0.215 e. The van der Waals surface area contributed by atoms with Crippen molar-refractivity contribution in [2.75, 3.05) is 5.88 Å². The Morgan fingerprint density at radius 1 is 1.08 bits per heavy atom. The molecule has 6 heteroatoms. The fraction of sp³-hybridized carbons (Fsp3) is 0.222. The zero-order valence-electron chi connectivity index (χ0n) is 13.5. The van der Waals surface area contributed by atoms with Gasteiger partial charge < -0.3 is 10.1 Å². The zero-order chi connectivity index (χ0) is 17.4. The average molecular weight is 344 g/mol. The molecule has 0 aliphatic heterocycles. The largest absolute Gasteiger partial charge is 0.489 e. The number of carbonyl (C=O) groups is 2. The summed E-state index contributed by atoms with van der Waals surface area (Å²) in [6, 6.07) is 16.7. The summed E-state index contributed by atoms with van der Waals surface area (Å²) in [5.41, 5.74) is 1.91. The van der Waals surface area contributed by atoms with Crippen molar-refractivity contribution in [3.05, 3.63) is 65.7 Å². The number of nitrogens with one attached hydrogen (secondary N) is 1. The van der Waals surface area contributed by atoms with E-state index in [2.05, 4.69) is 5.32 Å². The minimum Gasteiger partial charge on any atom is -0.489 e. The molecule has 24 heavy (non-hydrogen) atoms. The van der Waals surface area contributed by atoms with E-state index < -0.39 is 6.04 Å². The van der Waals surface area contributed by atoms with Gasteiger partial charge in [0.05, 0.1) is 11.9 Å². The van der Waals surface area contributed by atoms with Crippen molar-refractivity contribution in [1.82, 2.24) is 5.32 Å². The van der Waals surface area contributed by atoms with Gasteiger partial charge in [0.1, 0.15) is 12.4 Å². The minimum atomic E-state index is -0.651. The first-order valence-electron chi connectivity index (χ1n) is 7.70. The standard InChI is InChI=1S/C18H19BClNO3/c19-18(23)21-15(16(22)11-20)10-14-8-4-5-9-17(14)24-12-13-6-2-1-3-7-13/h1-9,15H,10-12,19H2,(H,21,23)/t15-/m1/s1. The highest BCUT2D eigenvalue weighted by atomic mass is 35.5. The Morgan fingerprint density at radius 2 is 1.75 bits per heavy atom. The van der Waals surface area contributed by atoms with E-state index in [0.717, 1.165) is 11.1 Å². The molecule has 0 saturated heterocycles. The van der Waals surface area contributed by atoms with Crippen molar-refractivity contribution in [1.29, 1.82) is 0 Å². The van der Waals surface area contributed by atoms with E-state index in [1.165, 1.54) is 7.85 Å². The van der Waals surface area contributed by atoms with E-state index in [-0.39, 0.29) is 17.5 Å². The van der Waals surface area contributed by atoms with Gasteiger partial charge in [0, 0.05) is 6.42 Å². The molecule has 1 N–H and O–H groups in total. The summed E-state index contributed by atoms with van der Waals surface area (Å²) < 4.78 is 5.89. The number of ether oxygens (including phenoxy) is 1. The van der Waals surface area contributed by atoms with Crippen LogP contribution in [0.3, 0.4) is 0 Å². The van der Waals surface area contributed by atoms with Gasteiger partial charge in [0.25, 0.3) is 0 Å². The first-order chi connectivity index (χ1) is 11.6. The Balaban J connectivity index is 2.11. The molecule has 0 saturated carbocycles. The second-order valence-electron chi connectivity index (χ2n) is 5.44. The van der Waals surface area contributed by atoms with Gasteiger partial charge in [-0.25, -0.2) is 0 Å². The van der Waals surface area contributed by atoms with Gasteiger partial charge in [-0.3, -0.25) is 9.59 Å². The molecule has 0 unspecified atom stereocenters. The molecule has 0 fully saturated rings. The van der Waals surface area contributed by atoms with Crippen molar-refractivity contribution in [2.45, 2.75) is 19.1 Å². The lowest BCUT2D eigenvalue weighted by Crippen LogP contribution is -2.42. The Morgan fingerprint density at radius 3 is 2.42 bits per heavy atom. The average Bonchev–Trinajstić information content (AvgIpc) is 2.60. The molecule has 4 nitrogen and oxygen atoms in total. The lowest BCUT2D eigenvalue weighted by molar-refractivity contribution is -0.118. The predicted molar refractivity (Wildman–Crippen MR) is 97.5 cm³/mol. The lowest BCUT2D eigenvalue weighted by atomic mass is 10.00. The van der Waals surface area contributed by atoms with Gasteiger partial charge in [-0.15, -0.1) is 11.6 Å². The molecule has 2 aromatic rings. The van der Waals surface area contributed by atoms with Crippen LogP contribution in [0.15, 0.2) is 54.6 Å². The fourth-order valence-electron chi connectivity index (χ4n) is 2.35. The first kappa shape index (κ1) is 18.1. The van der Waals surface area contributed by atoms with Crippen LogP contribution in [0.5, 0.6) is 5.75 Å². The van der Waals surface area contributed by atoms with E-state index in [1.807, 2.05) is 54.6 Å². The number of hydrogen-bond acceptors (Lipinski definition) is 3. The topological polar surface area (TPSA) is 55.4 Å². The molecule has 1 amide bonds. The van der Waals surface area contributed by atoms with E-state index >= 15 is 0 Å². The summed E-state index contributed by atoms with van der Waals surface area (Å²) in [5, 5.41) is 2.65. The number of benzene rings is 2. The second-order valence-corrected chi connectivity index (χ2v) is 5.71. The van der Waals surface area contributed by atoms with Crippen LogP contribution in [0.2, 0.25) is 0 Å². The van der Waals surface area contributed by atoms with Crippen molar-refractivity contribution >= 4 is 31.0 Å². The first-order valence-corrected chi connectivity index (χ1v) is 8.24. The molecular weight excluding hydrogens is 324 g/mol. The van der Waals surface area contributed by atoms with Crippen LogP contribution < -0.4 is 10.1 Å². The summed E-state index contributed by atoms with van der Waals surface area (Å²) in [6.07, 6.45) is 0.343. The number of halogens is 1. The van der Waals surface area contributed by atoms with E-state index in [4.69, 9.17) is 16.3 Å². The van der Waals surface area contributed by atoms with Crippen LogP contribution in [0, 0.1) is 0 Å². The number of carbonyl (C=O) groups excluding carboxylic acids is 2. The summed E-state index contributed by atoms with van der Waals surface area (Å²) in [7, 11) is 1.38. The highest BCUT2D eigenvalue weighted by molar-refractivity contribution is 6.57. The highest BCUT2D eigenvalue weighted by Gasteiger charge is 2.20. The molecule has 0 radical (unpaired) electrons. The van der Waals surface area contributed by atoms with Crippen LogP contribution in [0.1, 0.15) is 11.1 Å². The summed E-state index contributed by atoms with van der Waals surface area (Å²) in [4.78, 5) is 23.3. The fourth-order valence-corrected chi connectivity index (χ4v) is 2.54. The van der Waals surface area contributed by atoms with Crippen molar-refractivity contribution in [3.63, 3.8) is 0 Å². The van der Waals surface area contributed by atoms with Crippen molar-refractivity contribution in [3.8, 4) is 5.75 Å². The molecule has 2 aromatic carbocycles. The maximum atomic E-state index is 12.0. The quantitative estimate of drug-likeness (QED) is 0.591. The Hall–Kier alpha value is -2.27. The molecule has 1 atom stereocenters. The molecule has 0 aliphatic carbocycles. The van der Waals surface area contributed by atoms with Crippen LogP contribution in [0.25, 0.3) is 0 Å². The highest BCUT2D eigenvalue weighted by Crippen LogP contribution is 2.21. The molecule has 2 rings (SSSR count). The number of alkyl halides is 1. The molecule has 124 valence electrons. The molecule has 0 bridgehead atoms. The van der Waals surface area contributed by atoms with Crippen molar-refractivity contribution < 1.29 is 14.3 Å². The van der Waals surface area contributed by atoms with Gasteiger partial charge in [-0.1, -0.05) is 48.5 Å². The number of hydrogen-bond donors (Lipinski definition) is 1. The second kappa shape index (κ2) is 9.13. The SMILES string of the molecule is BC(=O)N[C@H](Cc1ccccc1OCc1ccccc1)C(=O)CCl. The van der Waals surface area contributed by atoms with Gasteiger partial charge in [-0.05, 0) is 17.2 Å². The van der Waals surface area contributed by atoms with Gasteiger partial charge in [0.2, 0.25) is 7.85 Å². The van der Waals surface area contributed by atoms with Crippen LogP contribution in [-0.2, 0) is 17.8 Å². The van der Waals surface area contributed by atoms with Crippen LogP contribution >= 0.6 is 11.6 Å². The Labute approximate surface area is 147 Å². The van der Waals surface area contributed by atoms with Crippen LogP contribution in [0.4, 0.5) is 4.79 Å². The Bertz CT molecular complexity index is 694. The van der Waals surface area contributed by atoms with Gasteiger partial charge >= 0.3 is 0 Å². The normalized spacial score (nSPS) is 11.5. The van der Waals surface area contributed by atoms with E-state index in [0.29, 0.717) is 18.8 Å². The number of para-hydroxylation sites is 1. The van der Waals surface area contributed by atoms with Gasteiger partial charge in [0.15, 0.2) is 11.6 Å². The third kappa shape index (κ3) is 5.42. The monoisotopic (exact) mass is 343 g/mol. The lowest BCUT2D eigenvalue weighted by Gasteiger charge is -2.18. The third-order valence-corrected chi connectivity index (χ3v) is 3.80. The number of amides is 1. The maximum absolute atomic E-state index is 12.0. The Kier molecular flexibility index (Phi) is 6.88. The molecular formula is C18H19BClNO3. The number of ketones is 1. The molecule has 0 spiro atoms. The zero-order valence-corrected chi connectivity index (χ0v) is 14.3. The summed E-state index contributed by atoms with van der Waals surface area (Å²) >= 11 is 5.65. The number of rotatable bonds is 8.